The SMILES string of the molecule is COCCNCCC(C)(C)c1ccc2c(c1)OCCCO2. The largest absolute Gasteiger partial charge is 0.490 e. The van der Waals surface area contributed by atoms with Crippen LogP contribution in [-0.2, 0) is 10.2 Å². The summed E-state index contributed by atoms with van der Waals surface area (Å²) in [5.74, 6) is 1.75. The molecule has 1 aliphatic heterocycles. The van der Waals surface area contributed by atoms with Crippen LogP contribution < -0.4 is 14.8 Å². The summed E-state index contributed by atoms with van der Waals surface area (Å²) in [5.41, 5.74) is 1.39. The highest BCUT2D eigenvalue weighted by Crippen LogP contribution is 2.36. The van der Waals surface area contributed by atoms with Crippen LogP contribution in [-0.4, -0.2) is 40.0 Å². The van der Waals surface area contributed by atoms with Crippen molar-refractivity contribution in [1.82, 2.24) is 5.32 Å². The molecular weight excluding hydrogens is 266 g/mol. The second-order valence-electron chi connectivity index (χ2n) is 6.09. The number of nitrogens with one attached hydrogen (secondary N) is 1. The van der Waals surface area contributed by atoms with Gasteiger partial charge in [0.25, 0.3) is 0 Å². The van der Waals surface area contributed by atoms with Crippen LogP contribution in [0.15, 0.2) is 18.2 Å². The van der Waals surface area contributed by atoms with Gasteiger partial charge in [0.2, 0.25) is 0 Å². The Bertz CT molecular complexity index is 446. The quantitative estimate of drug-likeness (QED) is 0.785. The summed E-state index contributed by atoms with van der Waals surface area (Å²) in [7, 11) is 1.73. The first-order valence-corrected chi connectivity index (χ1v) is 7.73. The van der Waals surface area contributed by atoms with Gasteiger partial charge >= 0.3 is 0 Å². The van der Waals surface area contributed by atoms with Gasteiger partial charge in [-0.25, -0.2) is 0 Å². The van der Waals surface area contributed by atoms with Crippen molar-refractivity contribution >= 4 is 0 Å². The Balaban J connectivity index is 1.97. The molecule has 0 bridgehead atoms. The molecule has 0 saturated heterocycles. The van der Waals surface area contributed by atoms with Crippen molar-refractivity contribution in [1.29, 1.82) is 0 Å². The Morgan fingerprint density at radius 1 is 1.14 bits per heavy atom. The van der Waals surface area contributed by atoms with E-state index in [0.29, 0.717) is 0 Å². The summed E-state index contributed by atoms with van der Waals surface area (Å²) < 4.78 is 16.5. The highest BCUT2D eigenvalue weighted by atomic mass is 16.5. The van der Waals surface area contributed by atoms with E-state index in [2.05, 4.69) is 31.3 Å². The number of hydrogen-bond donors (Lipinski definition) is 1. The number of ether oxygens (including phenoxy) is 3. The van der Waals surface area contributed by atoms with E-state index in [1.807, 2.05) is 6.07 Å². The number of benzene rings is 1. The molecule has 1 aliphatic rings. The Morgan fingerprint density at radius 2 is 1.90 bits per heavy atom. The second-order valence-corrected chi connectivity index (χ2v) is 6.09. The zero-order valence-corrected chi connectivity index (χ0v) is 13.4. The maximum atomic E-state index is 5.78. The van der Waals surface area contributed by atoms with Gasteiger partial charge in [-0.1, -0.05) is 19.9 Å². The van der Waals surface area contributed by atoms with E-state index in [1.54, 1.807) is 7.11 Å². The smallest absolute Gasteiger partial charge is 0.161 e. The van der Waals surface area contributed by atoms with Crippen LogP contribution in [0.25, 0.3) is 0 Å². The fourth-order valence-electron chi connectivity index (χ4n) is 2.43. The van der Waals surface area contributed by atoms with E-state index >= 15 is 0 Å². The fourth-order valence-corrected chi connectivity index (χ4v) is 2.43. The molecule has 4 heteroatoms. The van der Waals surface area contributed by atoms with E-state index in [0.717, 1.165) is 57.3 Å². The Labute approximate surface area is 127 Å². The maximum absolute atomic E-state index is 5.78. The monoisotopic (exact) mass is 293 g/mol. The number of rotatable bonds is 7. The topological polar surface area (TPSA) is 39.7 Å². The van der Waals surface area contributed by atoms with Crippen LogP contribution in [0, 0.1) is 0 Å². The molecule has 0 saturated carbocycles. The van der Waals surface area contributed by atoms with Gasteiger partial charge in [0.05, 0.1) is 19.8 Å². The predicted molar refractivity (Wildman–Crippen MR) is 84.4 cm³/mol. The molecule has 1 aromatic rings. The van der Waals surface area contributed by atoms with Crippen molar-refractivity contribution in [3.63, 3.8) is 0 Å². The lowest BCUT2D eigenvalue weighted by atomic mass is 9.81. The van der Waals surface area contributed by atoms with Crippen molar-refractivity contribution in [2.24, 2.45) is 0 Å². The number of hydrogen-bond acceptors (Lipinski definition) is 4. The van der Waals surface area contributed by atoms with Crippen molar-refractivity contribution in [2.45, 2.75) is 32.1 Å². The lowest BCUT2D eigenvalue weighted by molar-refractivity contribution is 0.198. The molecule has 0 spiro atoms. The third kappa shape index (κ3) is 4.61. The summed E-state index contributed by atoms with van der Waals surface area (Å²) >= 11 is 0. The van der Waals surface area contributed by atoms with Crippen LogP contribution in [0.5, 0.6) is 11.5 Å². The number of methoxy groups -OCH3 is 1. The number of fused-ring (bicyclic) bond motifs is 1. The van der Waals surface area contributed by atoms with Crippen LogP contribution in [0.1, 0.15) is 32.3 Å². The Morgan fingerprint density at radius 3 is 2.67 bits per heavy atom. The first-order valence-electron chi connectivity index (χ1n) is 7.73. The third-order valence-electron chi connectivity index (χ3n) is 3.94. The molecule has 0 radical (unpaired) electrons. The van der Waals surface area contributed by atoms with Gasteiger partial charge in [-0.2, -0.15) is 0 Å². The summed E-state index contributed by atoms with van der Waals surface area (Å²) in [6.07, 6.45) is 2.01. The summed E-state index contributed by atoms with van der Waals surface area (Å²) in [5, 5.41) is 3.40. The molecule has 0 amide bonds. The van der Waals surface area contributed by atoms with Gasteiger partial charge in [0.1, 0.15) is 0 Å². The Hall–Kier alpha value is -1.26. The van der Waals surface area contributed by atoms with Gasteiger partial charge in [-0.05, 0) is 36.1 Å². The normalized spacial score (nSPS) is 14.8. The molecule has 0 aliphatic carbocycles. The second kappa shape index (κ2) is 7.66. The lowest BCUT2D eigenvalue weighted by Gasteiger charge is -2.26. The summed E-state index contributed by atoms with van der Waals surface area (Å²) in [6.45, 7) is 8.63. The average Bonchev–Trinajstić information content (AvgIpc) is 2.71. The first-order chi connectivity index (χ1) is 10.1. The van der Waals surface area contributed by atoms with Gasteiger partial charge in [-0.15, -0.1) is 0 Å². The van der Waals surface area contributed by atoms with Crippen molar-refractivity contribution in [2.75, 3.05) is 40.0 Å². The highest BCUT2D eigenvalue weighted by Gasteiger charge is 2.22. The molecule has 1 aromatic carbocycles. The minimum Gasteiger partial charge on any atom is -0.490 e. The van der Waals surface area contributed by atoms with Gasteiger partial charge < -0.3 is 19.5 Å². The summed E-state index contributed by atoms with van der Waals surface area (Å²) in [6, 6.07) is 6.33. The predicted octanol–water partition coefficient (Wildman–Crippen LogP) is 2.75. The molecule has 0 fully saturated rings. The van der Waals surface area contributed by atoms with Crippen molar-refractivity contribution < 1.29 is 14.2 Å². The van der Waals surface area contributed by atoms with Crippen LogP contribution >= 0.6 is 0 Å². The van der Waals surface area contributed by atoms with E-state index in [9.17, 15) is 0 Å². The minimum atomic E-state index is 0.102. The van der Waals surface area contributed by atoms with Crippen molar-refractivity contribution in [3.05, 3.63) is 23.8 Å². The van der Waals surface area contributed by atoms with Crippen LogP contribution in [0.4, 0.5) is 0 Å². The molecule has 0 atom stereocenters. The molecule has 1 N–H and O–H groups in total. The third-order valence-corrected chi connectivity index (χ3v) is 3.94. The molecule has 4 nitrogen and oxygen atoms in total. The molecular formula is C17H27NO3. The maximum Gasteiger partial charge on any atom is 0.161 e. The molecule has 0 aromatic heterocycles. The fraction of sp³-hybridized carbons (Fsp3) is 0.647. The van der Waals surface area contributed by atoms with E-state index in [1.165, 1.54) is 5.56 Å². The van der Waals surface area contributed by atoms with E-state index in [-0.39, 0.29) is 5.41 Å². The molecule has 1 heterocycles. The van der Waals surface area contributed by atoms with E-state index < -0.39 is 0 Å². The zero-order chi connectivity index (χ0) is 15.1. The van der Waals surface area contributed by atoms with Crippen molar-refractivity contribution in [3.8, 4) is 11.5 Å². The van der Waals surface area contributed by atoms with Crippen LogP contribution in [0.3, 0.4) is 0 Å². The molecule has 2 rings (SSSR count). The lowest BCUT2D eigenvalue weighted by Crippen LogP contribution is -2.27. The first kappa shape index (κ1) is 16.1. The minimum absolute atomic E-state index is 0.102. The average molecular weight is 293 g/mol. The van der Waals surface area contributed by atoms with Gasteiger partial charge in [-0.3, -0.25) is 0 Å². The molecule has 0 unspecified atom stereocenters. The Kier molecular flexibility index (Phi) is 5.88. The summed E-state index contributed by atoms with van der Waals surface area (Å²) in [4.78, 5) is 0. The van der Waals surface area contributed by atoms with Crippen LogP contribution in [0.2, 0.25) is 0 Å². The molecule has 21 heavy (non-hydrogen) atoms. The molecule has 118 valence electrons. The zero-order valence-electron chi connectivity index (χ0n) is 13.4. The van der Waals surface area contributed by atoms with E-state index in [4.69, 9.17) is 14.2 Å². The standard InChI is InChI=1S/C17H27NO3/c1-17(2,7-8-18-9-12-19-3)14-5-6-15-16(13-14)21-11-4-10-20-15/h5-6,13,18H,4,7-12H2,1-3H3. The van der Waals surface area contributed by atoms with Gasteiger partial charge in [0.15, 0.2) is 11.5 Å². The highest BCUT2D eigenvalue weighted by molar-refractivity contribution is 5.45. The van der Waals surface area contributed by atoms with Gasteiger partial charge in [0, 0.05) is 20.1 Å².